The van der Waals surface area contributed by atoms with Crippen LogP contribution in [0.25, 0.3) is 0 Å². The van der Waals surface area contributed by atoms with Gasteiger partial charge in [-0.05, 0) is 68.4 Å². The molecule has 0 unspecified atom stereocenters. The first-order valence-corrected chi connectivity index (χ1v) is 8.55. The highest BCUT2D eigenvalue weighted by Crippen LogP contribution is 2.46. The van der Waals surface area contributed by atoms with Gasteiger partial charge in [0, 0.05) is 6.54 Å². The SMILES string of the molecule is CNCC1(Cc2cccc(C)c2)CCC(C(C)(C)C)CC1. The van der Waals surface area contributed by atoms with Crippen molar-refractivity contribution >= 4 is 0 Å². The highest BCUT2D eigenvalue weighted by Gasteiger charge is 2.38. The predicted octanol–water partition coefficient (Wildman–Crippen LogP) is 4.98. The lowest BCUT2D eigenvalue weighted by molar-refractivity contribution is 0.0877. The Hall–Kier alpha value is -0.820. The molecule has 1 aromatic rings. The quantitative estimate of drug-likeness (QED) is 0.823. The van der Waals surface area contributed by atoms with Crippen LogP contribution in [0.1, 0.15) is 57.6 Å². The van der Waals surface area contributed by atoms with Crippen molar-refractivity contribution in [2.24, 2.45) is 16.7 Å². The molecule has 0 bridgehead atoms. The highest BCUT2D eigenvalue weighted by atomic mass is 14.8. The van der Waals surface area contributed by atoms with E-state index in [1.54, 1.807) is 0 Å². The molecule has 0 atom stereocenters. The zero-order valence-electron chi connectivity index (χ0n) is 14.6. The van der Waals surface area contributed by atoms with Gasteiger partial charge < -0.3 is 5.32 Å². The zero-order valence-corrected chi connectivity index (χ0v) is 14.6. The molecule has 0 radical (unpaired) electrons. The van der Waals surface area contributed by atoms with Crippen LogP contribution in [-0.4, -0.2) is 13.6 Å². The summed E-state index contributed by atoms with van der Waals surface area (Å²) in [5.74, 6) is 0.889. The summed E-state index contributed by atoms with van der Waals surface area (Å²) >= 11 is 0. The van der Waals surface area contributed by atoms with Crippen LogP contribution in [0.15, 0.2) is 24.3 Å². The van der Waals surface area contributed by atoms with Gasteiger partial charge in [0.1, 0.15) is 0 Å². The van der Waals surface area contributed by atoms with Crippen molar-refractivity contribution in [3.63, 3.8) is 0 Å². The lowest BCUT2D eigenvalue weighted by Gasteiger charge is -2.44. The smallest absolute Gasteiger partial charge is 0.000800 e. The molecule has 0 aliphatic heterocycles. The highest BCUT2D eigenvalue weighted by molar-refractivity contribution is 5.23. The van der Waals surface area contributed by atoms with Crippen LogP contribution in [-0.2, 0) is 6.42 Å². The van der Waals surface area contributed by atoms with E-state index in [-0.39, 0.29) is 0 Å². The number of nitrogens with one attached hydrogen (secondary N) is 1. The first-order chi connectivity index (χ1) is 9.85. The molecule has 118 valence electrons. The van der Waals surface area contributed by atoms with Gasteiger partial charge in [-0.25, -0.2) is 0 Å². The molecule has 1 nitrogen and oxygen atoms in total. The summed E-state index contributed by atoms with van der Waals surface area (Å²) in [6.45, 7) is 10.6. The van der Waals surface area contributed by atoms with Crippen molar-refractivity contribution in [1.82, 2.24) is 5.32 Å². The molecule has 1 aliphatic carbocycles. The minimum absolute atomic E-state index is 0.463. The molecule has 2 rings (SSSR count). The number of rotatable bonds is 4. The molecular weight excluding hydrogens is 254 g/mol. The second kappa shape index (κ2) is 6.52. The van der Waals surface area contributed by atoms with Crippen LogP contribution < -0.4 is 5.32 Å². The third-order valence-corrected chi connectivity index (χ3v) is 5.48. The van der Waals surface area contributed by atoms with Crippen molar-refractivity contribution in [2.45, 2.75) is 59.8 Å². The summed E-state index contributed by atoms with van der Waals surface area (Å²) in [6.07, 6.45) is 6.73. The summed E-state index contributed by atoms with van der Waals surface area (Å²) in [7, 11) is 2.11. The number of benzene rings is 1. The largest absolute Gasteiger partial charge is 0.319 e. The maximum absolute atomic E-state index is 3.47. The van der Waals surface area contributed by atoms with E-state index in [1.807, 2.05) is 0 Å². The molecule has 1 saturated carbocycles. The first kappa shape index (κ1) is 16.5. The molecule has 0 aromatic heterocycles. The maximum atomic E-state index is 3.47. The molecule has 1 heteroatoms. The number of aryl methyl sites for hydroxylation is 1. The Morgan fingerprint density at radius 2 is 1.86 bits per heavy atom. The lowest BCUT2D eigenvalue weighted by Crippen LogP contribution is -2.40. The van der Waals surface area contributed by atoms with Gasteiger partial charge in [-0.1, -0.05) is 50.6 Å². The maximum Gasteiger partial charge on any atom is 0.000800 e. The Labute approximate surface area is 131 Å². The molecule has 21 heavy (non-hydrogen) atoms. The molecule has 1 aliphatic rings. The Morgan fingerprint density at radius 1 is 1.19 bits per heavy atom. The van der Waals surface area contributed by atoms with Crippen LogP contribution >= 0.6 is 0 Å². The van der Waals surface area contributed by atoms with Gasteiger partial charge in [0.15, 0.2) is 0 Å². The van der Waals surface area contributed by atoms with Crippen LogP contribution in [0.5, 0.6) is 0 Å². The minimum Gasteiger partial charge on any atom is -0.319 e. The van der Waals surface area contributed by atoms with Crippen molar-refractivity contribution in [3.8, 4) is 0 Å². The Balaban J connectivity index is 2.09. The van der Waals surface area contributed by atoms with Crippen molar-refractivity contribution in [3.05, 3.63) is 35.4 Å². The molecular formula is C20H33N. The van der Waals surface area contributed by atoms with Gasteiger partial charge in [0.05, 0.1) is 0 Å². The van der Waals surface area contributed by atoms with Crippen LogP contribution in [0, 0.1) is 23.7 Å². The fourth-order valence-electron chi connectivity index (χ4n) is 4.14. The fourth-order valence-corrected chi connectivity index (χ4v) is 4.14. The van der Waals surface area contributed by atoms with Crippen LogP contribution in [0.4, 0.5) is 0 Å². The lowest BCUT2D eigenvalue weighted by atomic mass is 9.62. The summed E-state index contributed by atoms with van der Waals surface area (Å²) < 4.78 is 0. The monoisotopic (exact) mass is 287 g/mol. The van der Waals surface area contributed by atoms with E-state index < -0.39 is 0 Å². The van der Waals surface area contributed by atoms with Gasteiger partial charge in [-0.3, -0.25) is 0 Å². The molecule has 0 spiro atoms. The number of hydrogen-bond donors (Lipinski definition) is 1. The average molecular weight is 287 g/mol. The normalized spacial score (nSPS) is 26.8. The van der Waals surface area contributed by atoms with Crippen LogP contribution in [0.3, 0.4) is 0 Å². The Morgan fingerprint density at radius 3 is 2.38 bits per heavy atom. The van der Waals surface area contributed by atoms with E-state index in [1.165, 1.54) is 43.2 Å². The predicted molar refractivity (Wildman–Crippen MR) is 92.7 cm³/mol. The summed E-state index contributed by atoms with van der Waals surface area (Å²) in [6, 6.07) is 9.08. The first-order valence-electron chi connectivity index (χ1n) is 8.55. The van der Waals surface area contributed by atoms with Crippen molar-refractivity contribution in [1.29, 1.82) is 0 Å². The summed E-state index contributed by atoms with van der Waals surface area (Å²) in [4.78, 5) is 0. The molecule has 0 saturated heterocycles. The van der Waals surface area contributed by atoms with E-state index in [2.05, 4.69) is 64.3 Å². The second-order valence-corrected chi connectivity index (χ2v) is 8.34. The zero-order chi connectivity index (χ0) is 15.5. The third kappa shape index (κ3) is 4.32. The van der Waals surface area contributed by atoms with Gasteiger partial charge in [0.2, 0.25) is 0 Å². The molecule has 0 heterocycles. The Kier molecular flexibility index (Phi) is 5.14. The molecule has 1 fully saturated rings. The average Bonchev–Trinajstić information content (AvgIpc) is 2.38. The van der Waals surface area contributed by atoms with E-state index in [9.17, 15) is 0 Å². The van der Waals surface area contributed by atoms with Gasteiger partial charge in [-0.2, -0.15) is 0 Å². The van der Waals surface area contributed by atoms with Crippen molar-refractivity contribution < 1.29 is 0 Å². The van der Waals surface area contributed by atoms with Gasteiger partial charge >= 0.3 is 0 Å². The minimum atomic E-state index is 0.463. The van der Waals surface area contributed by atoms with E-state index in [0.717, 1.165) is 12.5 Å². The van der Waals surface area contributed by atoms with Gasteiger partial charge in [0.25, 0.3) is 0 Å². The van der Waals surface area contributed by atoms with E-state index >= 15 is 0 Å². The van der Waals surface area contributed by atoms with E-state index in [0.29, 0.717) is 10.8 Å². The summed E-state index contributed by atoms with van der Waals surface area (Å²) in [5, 5.41) is 3.47. The Bertz CT molecular complexity index is 447. The third-order valence-electron chi connectivity index (χ3n) is 5.48. The molecule has 1 N–H and O–H groups in total. The second-order valence-electron chi connectivity index (χ2n) is 8.34. The van der Waals surface area contributed by atoms with Crippen LogP contribution in [0.2, 0.25) is 0 Å². The molecule has 0 amide bonds. The number of hydrogen-bond acceptors (Lipinski definition) is 1. The van der Waals surface area contributed by atoms with Crippen molar-refractivity contribution in [2.75, 3.05) is 13.6 Å². The summed E-state index contributed by atoms with van der Waals surface area (Å²) in [5.41, 5.74) is 3.83. The topological polar surface area (TPSA) is 12.0 Å². The fraction of sp³-hybridized carbons (Fsp3) is 0.700. The standard InChI is InChI=1S/C20H33N/c1-16-7-6-8-17(13-16)14-20(15-21-5)11-9-18(10-12-20)19(2,3)4/h6-8,13,18,21H,9-12,14-15H2,1-5H3. The van der Waals surface area contributed by atoms with E-state index in [4.69, 9.17) is 0 Å². The molecule has 1 aromatic carbocycles. The van der Waals surface area contributed by atoms with Gasteiger partial charge in [-0.15, -0.1) is 0 Å².